The van der Waals surface area contributed by atoms with Gasteiger partial charge in [-0.3, -0.25) is 13.9 Å². The first-order valence-corrected chi connectivity index (χ1v) is 12.3. The Morgan fingerprint density at radius 3 is 2.39 bits per heavy atom. The summed E-state index contributed by atoms with van der Waals surface area (Å²) >= 11 is 12.0. The first-order chi connectivity index (χ1) is 15.5. The number of hydrogen-bond acceptors (Lipinski definition) is 5. The highest BCUT2D eigenvalue weighted by Gasteiger charge is 2.29. The Labute approximate surface area is 201 Å². The molecule has 0 unspecified atom stereocenters. The van der Waals surface area contributed by atoms with Crippen molar-refractivity contribution in [1.82, 2.24) is 4.57 Å². The van der Waals surface area contributed by atoms with Gasteiger partial charge < -0.3 is 15.0 Å². The van der Waals surface area contributed by atoms with Crippen molar-refractivity contribution in [2.24, 2.45) is 12.8 Å². The van der Waals surface area contributed by atoms with E-state index in [2.05, 4.69) is 0 Å². The van der Waals surface area contributed by atoms with E-state index in [4.69, 9.17) is 33.7 Å². The van der Waals surface area contributed by atoms with Crippen LogP contribution in [0.5, 0.6) is 0 Å². The molecular weight excluding hydrogens is 489 g/mol. The molecule has 1 amide bonds. The molecule has 0 fully saturated rings. The number of sulfonamides is 1. The standard InChI is InChI=1S/C22H23Cl2N3O5S/c1-3-4-7-32-21(28)13-27(33(30,31)17-9-14(23)8-15(24)10-17)16-5-6-18-19(22(25)29)12-26(2)20(18)11-16/h5-6,8-12H,3-4,7,13H2,1-2H3,(H2,25,29). The minimum absolute atomic E-state index is 0.135. The smallest absolute Gasteiger partial charge is 0.326 e. The van der Waals surface area contributed by atoms with Crippen LogP contribution in [0.4, 0.5) is 5.69 Å². The first-order valence-electron chi connectivity index (χ1n) is 10.1. The van der Waals surface area contributed by atoms with Gasteiger partial charge in [0.05, 0.1) is 28.3 Å². The van der Waals surface area contributed by atoms with Gasteiger partial charge in [0.2, 0.25) is 0 Å². The molecule has 1 aromatic heterocycles. The van der Waals surface area contributed by atoms with Gasteiger partial charge in [-0.05, 0) is 42.8 Å². The van der Waals surface area contributed by atoms with Crippen LogP contribution >= 0.6 is 23.2 Å². The predicted molar refractivity (Wildman–Crippen MR) is 128 cm³/mol. The average molecular weight is 512 g/mol. The van der Waals surface area contributed by atoms with Crippen LogP contribution < -0.4 is 10.0 Å². The molecule has 2 aromatic carbocycles. The molecule has 176 valence electrons. The topological polar surface area (TPSA) is 112 Å². The number of primary amides is 1. The van der Waals surface area contributed by atoms with Crippen LogP contribution in [0.25, 0.3) is 10.9 Å². The number of halogens is 2. The Balaban J connectivity index is 2.11. The molecule has 3 aromatic rings. The van der Waals surface area contributed by atoms with Crippen molar-refractivity contribution in [3.8, 4) is 0 Å². The molecular formula is C22H23Cl2N3O5S. The average Bonchev–Trinajstić information content (AvgIpc) is 3.07. The monoisotopic (exact) mass is 511 g/mol. The number of rotatable bonds is 9. The number of nitrogens with two attached hydrogens (primary N) is 1. The molecule has 0 saturated heterocycles. The van der Waals surface area contributed by atoms with E-state index in [9.17, 15) is 18.0 Å². The number of fused-ring (bicyclic) bond motifs is 1. The fourth-order valence-corrected chi connectivity index (χ4v) is 5.46. The number of carbonyl (C=O) groups is 2. The molecule has 0 aliphatic rings. The molecule has 0 radical (unpaired) electrons. The van der Waals surface area contributed by atoms with Crippen LogP contribution in [-0.2, 0) is 26.6 Å². The summed E-state index contributed by atoms with van der Waals surface area (Å²) in [5.74, 6) is -1.31. The molecule has 11 heteroatoms. The molecule has 33 heavy (non-hydrogen) atoms. The first kappa shape index (κ1) is 24.9. The third-order valence-electron chi connectivity index (χ3n) is 4.99. The second kappa shape index (κ2) is 10.0. The molecule has 0 aliphatic carbocycles. The number of anilines is 1. The van der Waals surface area contributed by atoms with E-state index in [-0.39, 0.29) is 27.2 Å². The Morgan fingerprint density at radius 1 is 1.12 bits per heavy atom. The summed E-state index contributed by atoms with van der Waals surface area (Å²) < 4.78 is 34.9. The lowest BCUT2D eigenvalue weighted by atomic mass is 10.1. The van der Waals surface area contributed by atoms with E-state index < -0.39 is 28.4 Å². The zero-order chi connectivity index (χ0) is 24.3. The summed E-state index contributed by atoms with van der Waals surface area (Å²) in [6.45, 7) is 1.57. The highest BCUT2D eigenvalue weighted by atomic mass is 35.5. The Morgan fingerprint density at radius 2 is 1.79 bits per heavy atom. The van der Waals surface area contributed by atoms with Crippen LogP contribution in [0.15, 0.2) is 47.5 Å². The number of unbranched alkanes of at least 4 members (excludes halogenated alkanes) is 1. The Kier molecular flexibility index (Phi) is 7.56. The Hall–Kier alpha value is -2.75. The third kappa shape index (κ3) is 5.43. The van der Waals surface area contributed by atoms with Crippen molar-refractivity contribution in [2.45, 2.75) is 24.7 Å². The summed E-state index contributed by atoms with van der Waals surface area (Å²) in [5.41, 5.74) is 6.50. The fourth-order valence-electron chi connectivity index (χ4n) is 3.34. The quantitative estimate of drug-likeness (QED) is 0.343. The van der Waals surface area contributed by atoms with Crippen molar-refractivity contribution in [1.29, 1.82) is 0 Å². The van der Waals surface area contributed by atoms with Crippen molar-refractivity contribution in [3.05, 3.63) is 58.2 Å². The van der Waals surface area contributed by atoms with E-state index in [0.717, 1.165) is 10.7 Å². The molecule has 8 nitrogen and oxygen atoms in total. The lowest BCUT2D eigenvalue weighted by molar-refractivity contribution is -0.141. The maximum Gasteiger partial charge on any atom is 0.326 e. The van der Waals surface area contributed by atoms with E-state index >= 15 is 0 Å². The summed E-state index contributed by atoms with van der Waals surface area (Å²) in [6.07, 6.45) is 3.04. The van der Waals surface area contributed by atoms with Gasteiger partial charge >= 0.3 is 5.97 Å². The van der Waals surface area contributed by atoms with Crippen LogP contribution in [0.1, 0.15) is 30.1 Å². The number of ether oxygens (including phenoxy) is 1. The lowest BCUT2D eigenvalue weighted by Crippen LogP contribution is -2.36. The number of hydrogen-bond donors (Lipinski definition) is 1. The van der Waals surface area contributed by atoms with Crippen molar-refractivity contribution < 1.29 is 22.7 Å². The number of benzene rings is 2. The van der Waals surface area contributed by atoms with Crippen molar-refractivity contribution in [2.75, 3.05) is 17.5 Å². The summed E-state index contributed by atoms with van der Waals surface area (Å²) in [4.78, 5) is 24.1. The zero-order valence-corrected chi connectivity index (χ0v) is 20.4. The number of amides is 1. The zero-order valence-electron chi connectivity index (χ0n) is 18.0. The van der Waals surface area contributed by atoms with Crippen LogP contribution in [-0.4, -0.2) is 38.0 Å². The van der Waals surface area contributed by atoms with Crippen molar-refractivity contribution in [3.63, 3.8) is 0 Å². The second-order valence-electron chi connectivity index (χ2n) is 7.41. The SMILES string of the molecule is CCCCOC(=O)CN(c1ccc2c(C(N)=O)cn(C)c2c1)S(=O)(=O)c1cc(Cl)cc(Cl)c1. The molecule has 1 heterocycles. The number of esters is 1. The molecule has 3 rings (SSSR count). The molecule has 0 bridgehead atoms. The molecule has 2 N–H and O–H groups in total. The van der Waals surface area contributed by atoms with Gasteiger partial charge in [-0.2, -0.15) is 0 Å². The number of carbonyl (C=O) groups excluding carboxylic acids is 2. The van der Waals surface area contributed by atoms with Gasteiger partial charge in [0.1, 0.15) is 6.54 Å². The number of aryl methyl sites for hydroxylation is 1. The van der Waals surface area contributed by atoms with E-state index in [1.165, 1.54) is 24.3 Å². The van der Waals surface area contributed by atoms with Gasteiger partial charge in [0.25, 0.3) is 15.9 Å². The maximum absolute atomic E-state index is 13.6. The number of aromatic nitrogens is 1. The lowest BCUT2D eigenvalue weighted by Gasteiger charge is -2.24. The molecule has 0 aliphatic heterocycles. The van der Waals surface area contributed by atoms with Gasteiger partial charge in [0, 0.05) is 28.7 Å². The molecule has 0 atom stereocenters. The number of nitrogens with zero attached hydrogens (tertiary/aromatic N) is 2. The summed E-state index contributed by atoms with van der Waals surface area (Å²) in [5, 5.41) is 0.827. The van der Waals surface area contributed by atoms with E-state index in [1.54, 1.807) is 29.9 Å². The van der Waals surface area contributed by atoms with Crippen LogP contribution in [0.2, 0.25) is 10.0 Å². The largest absolute Gasteiger partial charge is 0.464 e. The Bertz CT molecular complexity index is 1300. The van der Waals surface area contributed by atoms with E-state index in [1.807, 2.05) is 6.92 Å². The second-order valence-corrected chi connectivity index (χ2v) is 10.1. The van der Waals surface area contributed by atoms with Gasteiger partial charge in [-0.25, -0.2) is 8.42 Å². The highest BCUT2D eigenvalue weighted by molar-refractivity contribution is 7.92. The fraction of sp³-hybridized carbons (Fsp3) is 0.273. The summed E-state index contributed by atoms with van der Waals surface area (Å²) in [6, 6.07) is 8.56. The van der Waals surface area contributed by atoms with Gasteiger partial charge in [0.15, 0.2) is 0 Å². The van der Waals surface area contributed by atoms with Gasteiger partial charge in [-0.1, -0.05) is 36.5 Å². The van der Waals surface area contributed by atoms with Crippen LogP contribution in [0, 0.1) is 0 Å². The molecule has 0 saturated carbocycles. The third-order valence-corrected chi connectivity index (χ3v) is 7.17. The minimum Gasteiger partial charge on any atom is -0.464 e. The normalized spacial score (nSPS) is 11.5. The maximum atomic E-state index is 13.6. The van der Waals surface area contributed by atoms with Gasteiger partial charge in [-0.15, -0.1) is 0 Å². The van der Waals surface area contributed by atoms with Crippen molar-refractivity contribution >= 4 is 61.7 Å². The van der Waals surface area contributed by atoms with Crippen LogP contribution in [0.3, 0.4) is 0 Å². The highest BCUT2D eigenvalue weighted by Crippen LogP contribution is 2.31. The minimum atomic E-state index is -4.25. The summed E-state index contributed by atoms with van der Waals surface area (Å²) in [7, 11) is -2.55. The molecule has 0 spiro atoms. The van der Waals surface area contributed by atoms with E-state index in [0.29, 0.717) is 22.9 Å². The predicted octanol–water partition coefficient (Wildman–Crippen LogP) is 4.12.